The molecule has 0 radical (unpaired) electrons. The van der Waals surface area contributed by atoms with Crippen LogP contribution in [0.4, 0.5) is 0 Å². The SMILES string of the molecule is O=C(CC1CC1)NC(=O)c1ccccc1. The Bertz CT molecular complexity index is 368. The van der Waals surface area contributed by atoms with Gasteiger partial charge < -0.3 is 0 Å². The molecule has 1 fully saturated rings. The van der Waals surface area contributed by atoms with Gasteiger partial charge in [0.2, 0.25) is 5.91 Å². The monoisotopic (exact) mass is 203 g/mol. The smallest absolute Gasteiger partial charge is 0.257 e. The molecule has 0 aliphatic heterocycles. The predicted molar refractivity (Wildman–Crippen MR) is 56.3 cm³/mol. The fourth-order valence-electron chi connectivity index (χ4n) is 1.42. The summed E-state index contributed by atoms with van der Waals surface area (Å²) in [6.07, 6.45) is 2.72. The molecule has 0 unspecified atom stereocenters. The first-order valence-corrected chi connectivity index (χ1v) is 5.15. The first-order chi connectivity index (χ1) is 7.25. The van der Waals surface area contributed by atoms with Gasteiger partial charge in [0.05, 0.1) is 0 Å². The second kappa shape index (κ2) is 4.26. The van der Waals surface area contributed by atoms with Crippen LogP contribution in [-0.2, 0) is 4.79 Å². The highest BCUT2D eigenvalue weighted by atomic mass is 16.2. The molecule has 15 heavy (non-hydrogen) atoms. The Balaban J connectivity index is 1.88. The van der Waals surface area contributed by atoms with E-state index in [-0.39, 0.29) is 11.8 Å². The lowest BCUT2D eigenvalue weighted by molar-refractivity contribution is -0.120. The maximum Gasteiger partial charge on any atom is 0.257 e. The fourth-order valence-corrected chi connectivity index (χ4v) is 1.42. The molecule has 0 bridgehead atoms. The van der Waals surface area contributed by atoms with E-state index in [9.17, 15) is 9.59 Å². The Hall–Kier alpha value is -1.64. The van der Waals surface area contributed by atoms with Gasteiger partial charge in [0.15, 0.2) is 0 Å². The van der Waals surface area contributed by atoms with E-state index in [4.69, 9.17) is 0 Å². The minimum atomic E-state index is -0.304. The van der Waals surface area contributed by atoms with Gasteiger partial charge >= 0.3 is 0 Å². The molecule has 0 saturated heterocycles. The van der Waals surface area contributed by atoms with Crippen LogP contribution in [0.25, 0.3) is 0 Å². The van der Waals surface area contributed by atoms with E-state index in [0.29, 0.717) is 17.9 Å². The molecule has 1 N–H and O–H groups in total. The van der Waals surface area contributed by atoms with Crippen molar-refractivity contribution < 1.29 is 9.59 Å². The molecule has 2 rings (SSSR count). The minimum absolute atomic E-state index is 0.161. The van der Waals surface area contributed by atoms with Crippen molar-refractivity contribution >= 4 is 11.8 Å². The lowest BCUT2D eigenvalue weighted by Crippen LogP contribution is -2.30. The zero-order chi connectivity index (χ0) is 10.7. The Morgan fingerprint density at radius 2 is 1.87 bits per heavy atom. The molecule has 1 saturated carbocycles. The Kier molecular flexibility index (Phi) is 2.81. The summed E-state index contributed by atoms with van der Waals surface area (Å²) in [4.78, 5) is 22.9. The zero-order valence-electron chi connectivity index (χ0n) is 8.40. The van der Waals surface area contributed by atoms with Crippen molar-refractivity contribution in [3.05, 3.63) is 35.9 Å². The summed E-state index contributed by atoms with van der Waals surface area (Å²) in [6, 6.07) is 8.78. The third-order valence-electron chi connectivity index (χ3n) is 2.46. The summed E-state index contributed by atoms with van der Waals surface area (Å²) in [6.45, 7) is 0. The van der Waals surface area contributed by atoms with E-state index in [2.05, 4.69) is 5.32 Å². The molecule has 3 heteroatoms. The van der Waals surface area contributed by atoms with Gasteiger partial charge in [0.25, 0.3) is 5.91 Å². The average molecular weight is 203 g/mol. The van der Waals surface area contributed by atoms with Crippen LogP contribution in [-0.4, -0.2) is 11.8 Å². The van der Waals surface area contributed by atoms with Gasteiger partial charge in [-0.2, -0.15) is 0 Å². The van der Waals surface area contributed by atoms with Crippen molar-refractivity contribution in [1.29, 1.82) is 0 Å². The van der Waals surface area contributed by atoms with Crippen LogP contribution in [0.5, 0.6) is 0 Å². The maximum absolute atomic E-state index is 11.5. The van der Waals surface area contributed by atoms with Crippen LogP contribution < -0.4 is 5.32 Å². The number of amides is 2. The molecule has 2 amide bonds. The normalized spacial score (nSPS) is 14.7. The molecule has 0 aromatic heterocycles. The summed E-state index contributed by atoms with van der Waals surface area (Å²) in [7, 11) is 0. The molecule has 1 aromatic rings. The number of nitrogens with one attached hydrogen (secondary N) is 1. The van der Waals surface area contributed by atoms with Crippen LogP contribution in [0.15, 0.2) is 30.3 Å². The standard InChI is InChI=1S/C12H13NO2/c14-11(8-9-6-7-9)13-12(15)10-4-2-1-3-5-10/h1-5,9H,6-8H2,(H,13,14,15). The number of carbonyl (C=O) groups is 2. The first-order valence-electron chi connectivity index (χ1n) is 5.15. The predicted octanol–water partition coefficient (Wildman–Crippen LogP) is 1.74. The van der Waals surface area contributed by atoms with E-state index in [1.807, 2.05) is 6.07 Å². The summed E-state index contributed by atoms with van der Waals surface area (Å²) in [5.74, 6) is 0.0428. The van der Waals surface area contributed by atoms with E-state index in [1.54, 1.807) is 24.3 Å². The van der Waals surface area contributed by atoms with Gasteiger partial charge in [-0.25, -0.2) is 0 Å². The third-order valence-corrected chi connectivity index (χ3v) is 2.46. The number of rotatable bonds is 3. The molecule has 1 aliphatic carbocycles. The molecular formula is C12H13NO2. The summed E-state index contributed by atoms with van der Waals surface area (Å²) in [5, 5.41) is 2.39. The highest BCUT2D eigenvalue weighted by Gasteiger charge is 2.25. The van der Waals surface area contributed by atoms with Gasteiger partial charge in [0, 0.05) is 12.0 Å². The zero-order valence-corrected chi connectivity index (χ0v) is 8.40. The third kappa shape index (κ3) is 2.91. The summed E-state index contributed by atoms with van der Waals surface area (Å²) >= 11 is 0. The maximum atomic E-state index is 11.5. The van der Waals surface area contributed by atoms with Gasteiger partial charge in [-0.1, -0.05) is 18.2 Å². The van der Waals surface area contributed by atoms with Crippen LogP contribution in [0.1, 0.15) is 29.6 Å². The highest BCUT2D eigenvalue weighted by Crippen LogP contribution is 2.32. The van der Waals surface area contributed by atoms with Crippen LogP contribution in [0, 0.1) is 5.92 Å². The molecule has 78 valence electrons. The topological polar surface area (TPSA) is 46.2 Å². The lowest BCUT2D eigenvalue weighted by atomic mass is 10.2. The van der Waals surface area contributed by atoms with Gasteiger partial charge in [-0.05, 0) is 30.9 Å². The van der Waals surface area contributed by atoms with E-state index in [0.717, 1.165) is 12.8 Å². The number of benzene rings is 1. The van der Waals surface area contributed by atoms with Crippen LogP contribution >= 0.6 is 0 Å². The molecular weight excluding hydrogens is 190 g/mol. The number of imide groups is 1. The number of carbonyl (C=O) groups excluding carboxylic acids is 2. The largest absolute Gasteiger partial charge is 0.292 e. The summed E-state index contributed by atoms with van der Waals surface area (Å²) in [5.41, 5.74) is 0.529. The van der Waals surface area contributed by atoms with Crippen LogP contribution in [0.3, 0.4) is 0 Å². The highest BCUT2D eigenvalue weighted by molar-refractivity contribution is 6.04. The van der Waals surface area contributed by atoms with E-state index < -0.39 is 0 Å². The second-order valence-electron chi connectivity index (χ2n) is 3.89. The van der Waals surface area contributed by atoms with Crippen molar-refractivity contribution in [2.45, 2.75) is 19.3 Å². The number of hydrogen-bond acceptors (Lipinski definition) is 2. The van der Waals surface area contributed by atoms with Crippen molar-refractivity contribution in [2.24, 2.45) is 5.92 Å². The van der Waals surface area contributed by atoms with Crippen molar-refractivity contribution in [3.8, 4) is 0 Å². The molecule has 0 spiro atoms. The molecule has 0 heterocycles. The Morgan fingerprint density at radius 3 is 2.47 bits per heavy atom. The molecule has 3 nitrogen and oxygen atoms in total. The molecule has 1 aromatic carbocycles. The fraction of sp³-hybridized carbons (Fsp3) is 0.333. The van der Waals surface area contributed by atoms with Gasteiger partial charge in [-0.15, -0.1) is 0 Å². The Morgan fingerprint density at radius 1 is 1.20 bits per heavy atom. The van der Waals surface area contributed by atoms with E-state index in [1.165, 1.54) is 0 Å². The molecule has 0 atom stereocenters. The average Bonchev–Trinajstić information content (AvgIpc) is 3.03. The van der Waals surface area contributed by atoms with Crippen molar-refractivity contribution in [2.75, 3.05) is 0 Å². The number of hydrogen-bond donors (Lipinski definition) is 1. The quantitative estimate of drug-likeness (QED) is 0.813. The minimum Gasteiger partial charge on any atom is -0.292 e. The van der Waals surface area contributed by atoms with Gasteiger partial charge in [0.1, 0.15) is 0 Å². The van der Waals surface area contributed by atoms with E-state index >= 15 is 0 Å². The summed E-state index contributed by atoms with van der Waals surface area (Å²) < 4.78 is 0. The lowest BCUT2D eigenvalue weighted by Gasteiger charge is -2.02. The van der Waals surface area contributed by atoms with Crippen LogP contribution in [0.2, 0.25) is 0 Å². The van der Waals surface area contributed by atoms with Gasteiger partial charge in [-0.3, -0.25) is 14.9 Å². The van der Waals surface area contributed by atoms with Crippen molar-refractivity contribution in [1.82, 2.24) is 5.32 Å². The van der Waals surface area contributed by atoms with Crippen molar-refractivity contribution in [3.63, 3.8) is 0 Å². The Labute approximate surface area is 88.5 Å². The first kappa shape index (κ1) is 9.90. The molecule has 1 aliphatic rings. The second-order valence-corrected chi connectivity index (χ2v) is 3.89.